The number of nitrogens with zero attached hydrogens (tertiary/aromatic N) is 2. The van der Waals surface area contributed by atoms with Crippen LogP contribution in [0.5, 0.6) is 0 Å². The van der Waals surface area contributed by atoms with Crippen molar-refractivity contribution in [1.29, 1.82) is 0 Å². The number of nitrogens with one attached hydrogen (secondary N) is 1. The smallest absolute Gasteiger partial charge is 0.293 e. The van der Waals surface area contributed by atoms with E-state index in [2.05, 4.69) is 10.3 Å². The Morgan fingerprint density at radius 2 is 2.19 bits per heavy atom. The monoisotopic (exact) mass is 225 g/mol. The number of aromatic nitrogens is 2. The topological polar surface area (TPSA) is 67.2 Å². The number of aliphatic hydroxyl groups excluding tert-OH is 1. The van der Waals surface area contributed by atoms with Gasteiger partial charge in [0.05, 0.1) is 0 Å². The van der Waals surface area contributed by atoms with Gasteiger partial charge in [-0.1, -0.05) is 0 Å². The van der Waals surface area contributed by atoms with Gasteiger partial charge < -0.3 is 15.0 Å². The molecule has 0 fully saturated rings. The summed E-state index contributed by atoms with van der Waals surface area (Å²) in [5.41, 5.74) is -0.388. The van der Waals surface area contributed by atoms with Crippen LogP contribution in [-0.2, 0) is 5.54 Å². The maximum Gasteiger partial charge on any atom is 0.293 e. The minimum absolute atomic E-state index is 0.104. The highest BCUT2D eigenvalue weighted by Gasteiger charge is 2.16. The van der Waals surface area contributed by atoms with Crippen LogP contribution in [0.4, 0.5) is 5.82 Å². The normalized spacial score (nSPS) is 11.5. The molecule has 0 aliphatic rings. The van der Waals surface area contributed by atoms with Crippen molar-refractivity contribution in [2.24, 2.45) is 0 Å². The molecule has 0 amide bonds. The van der Waals surface area contributed by atoms with Crippen molar-refractivity contribution in [3.05, 3.63) is 22.7 Å². The maximum absolute atomic E-state index is 12.0. The Kier molecular flexibility index (Phi) is 4.06. The van der Waals surface area contributed by atoms with Crippen LogP contribution in [0.1, 0.15) is 27.2 Å². The van der Waals surface area contributed by atoms with E-state index in [1.54, 1.807) is 17.0 Å². The van der Waals surface area contributed by atoms with Gasteiger partial charge in [-0.05, 0) is 27.2 Å². The van der Waals surface area contributed by atoms with Gasteiger partial charge in [-0.15, -0.1) is 0 Å². The van der Waals surface area contributed by atoms with Gasteiger partial charge in [-0.3, -0.25) is 4.79 Å². The van der Waals surface area contributed by atoms with Gasteiger partial charge in [0.1, 0.15) is 0 Å². The first kappa shape index (κ1) is 12.7. The highest BCUT2D eigenvalue weighted by atomic mass is 16.3. The van der Waals surface area contributed by atoms with Gasteiger partial charge >= 0.3 is 0 Å². The van der Waals surface area contributed by atoms with Crippen molar-refractivity contribution in [3.63, 3.8) is 0 Å². The third kappa shape index (κ3) is 3.06. The molecule has 5 nitrogen and oxygen atoms in total. The minimum atomic E-state index is -0.257. The maximum atomic E-state index is 12.0. The summed E-state index contributed by atoms with van der Waals surface area (Å²) in [4.78, 5) is 16.0. The van der Waals surface area contributed by atoms with E-state index in [4.69, 9.17) is 5.11 Å². The van der Waals surface area contributed by atoms with Crippen LogP contribution in [-0.4, -0.2) is 27.8 Å². The fraction of sp³-hybridized carbons (Fsp3) is 0.636. The molecule has 0 aliphatic carbocycles. The Balaban J connectivity index is 2.92. The molecule has 1 aromatic heterocycles. The van der Waals surface area contributed by atoms with E-state index in [0.29, 0.717) is 18.8 Å². The predicted molar refractivity (Wildman–Crippen MR) is 63.7 cm³/mol. The summed E-state index contributed by atoms with van der Waals surface area (Å²) in [5.74, 6) is 0.339. The molecule has 0 unspecified atom stereocenters. The van der Waals surface area contributed by atoms with E-state index in [0.717, 1.165) is 0 Å². The summed E-state index contributed by atoms with van der Waals surface area (Å²) in [7, 11) is 0. The lowest BCUT2D eigenvalue weighted by atomic mass is 10.1. The summed E-state index contributed by atoms with van der Waals surface area (Å²) in [5, 5.41) is 11.6. The summed E-state index contributed by atoms with van der Waals surface area (Å²) in [6, 6.07) is 0. The molecule has 5 heteroatoms. The fourth-order valence-corrected chi connectivity index (χ4v) is 1.35. The van der Waals surface area contributed by atoms with Gasteiger partial charge in [-0.25, -0.2) is 4.98 Å². The quantitative estimate of drug-likeness (QED) is 0.744. The van der Waals surface area contributed by atoms with Crippen LogP contribution in [0, 0.1) is 0 Å². The first-order valence-corrected chi connectivity index (χ1v) is 5.39. The van der Waals surface area contributed by atoms with Gasteiger partial charge in [0, 0.05) is 31.1 Å². The van der Waals surface area contributed by atoms with E-state index >= 15 is 0 Å². The molecule has 0 aliphatic heterocycles. The van der Waals surface area contributed by atoms with E-state index in [1.165, 1.54) is 0 Å². The van der Waals surface area contributed by atoms with Crippen molar-refractivity contribution in [2.45, 2.75) is 32.7 Å². The number of rotatable bonds is 4. The van der Waals surface area contributed by atoms with E-state index in [9.17, 15) is 4.79 Å². The van der Waals surface area contributed by atoms with E-state index in [-0.39, 0.29) is 17.7 Å². The summed E-state index contributed by atoms with van der Waals surface area (Å²) in [6.07, 6.45) is 3.89. The first-order chi connectivity index (χ1) is 7.46. The Morgan fingerprint density at radius 3 is 2.75 bits per heavy atom. The third-order valence-electron chi connectivity index (χ3n) is 2.19. The summed E-state index contributed by atoms with van der Waals surface area (Å²) >= 11 is 0. The first-order valence-electron chi connectivity index (χ1n) is 5.39. The average molecular weight is 225 g/mol. The van der Waals surface area contributed by atoms with Gasteiger partial charge in [-0.2, -0.15) is 0 Å². The Bertz CT molecular complexity index is 393. The number of hydrogen-bond donors (Lipinski definition) is 2. The van der Waals surface area contributed by atoms with Crippen LogP contribution < -0.4 is 10.9 Å². The Morgan fingerprint density at radius 1 is 1.50 bits per heavy atom. The van der Waals surface area contributed by atoms with Crippen molar-refractivity contribution >= 4 is 5.82 Å². The SMILES string of the molecule is CC(C)(C)n1ccnc(NCCCO)c1=O. The van der Waals surface area contributed by atoms with Crippen molar-refractivity contribution in [1.82, 2.24) is 9.55 Å². The van der Waals surface area contributed by atoms with Crippen LogP contribution in [0.2, 0.25) is 0 Å². The molecule has 0 radical (unpaired) electrons. The molecule has 1 rings (SSSR count). The standard InChI is InChI=1S/C11H19N3O2/c1-11(2,3)14-7-6-13-9(10(14)16)12-5-4-8-15/h6-7,15H,4-5,8H2,1-3H3,(H,12,13). The zero-order chi connectivity index (χ0) is 12.2. The number of hydrogen-bond acceptors (Lipinski definition) is 4. The molecule has 0 aromatic carbocycles. The molecule has 90 valence electrons. The van der Waals surface area contributed by atoms with Gasteiger partial charge in [0.25, 0.3) is 5.56 Å². The van der Waals surface area contributed by atoms with E-state index < -0.39 is 0 Å². The molecule has 0 saturated carbocycles. The second kappa shape index (κ2) is 5.12. The lowest BCUT2D eigenvalue weighted by molar-refractivity contribution is 0.292. The van der Waals surface area contributed by atoms with Crippen LogP contribution in [0.25, 0.3) is 0 Å². The highest BCUT2D eigenvalue weighted by molar-refractivity contribution is 5.30. The lowest BCUT2D eigenvalue weighted by Gasteiger charge is -2.22. The second-order valence-electron chi connectivity index (χ2n) is 4.63. The predicted octanol–water partition coefficient (Wildman–Crippen LogP) is 0.793. The molecular formula is C11H19N3O2. The second-order valence-corrected chi connectivity index (χ2v) is 4.63. The molecule has 1 aromatic rings. The molecule has 0 spiro atoms. The zero-order valence-corrected chi connectivity index (χ0v) is 10.0. The van der Waals surface area contributed by atoms with E-state index in [1.807, 2.05) is 20.8 Å². The molecule has 0 saturated heterocycles. The molecule has 0 atom stereocenters. The molecular weight excluding hydrogens is 206 g/mol. The van der Waals surface area contributed by atoms with Gasteiger partial charge in [0.15, 0.2) is 5.82 Å². The largest absolute Gasteiger partial charge is 0.396 e. The van der Waals surface area contributed by atoms with Crippen LogP contribution in [0.3, 0.4) is 0 Å². The minimum Gasteiger partial charge on any atom is -0.396 e. The number of aliphatic hydroxyl groups is 1. The average Bonchev–Trinajstić information content (AvgIpc) is 2.19. The Labute approximate surface area is 95.1 Å². The van der Waals surface area contributed by atoms with Crippen molar-refractivity contribution in [3.8, 4) is 0 Å². The number of anilines is 1. The van der Waals surface area contributed by atoms with Crippen molar-refractivity contribution < 1.29 is 5.11 Å². The molecule has 0 bridgehead atoms. The Hall–Kier alpha value is -1.36. The zero-order valence-electron chi connectivity index (χ0n) is 10.0. The van der Waals surface area contributed by atoms with Crippen LogP contribution >= 0.6 is 0 Å². The fourth-order valence-electron chi connectivity index (χ4n) is 1.35. The van der Waals surface area contributed by atoms with Crippen molar-refractivity contribution in [2.75, 3.05) is 18.5 Å². The summed E-state index contributed by atoms with van der Waals surface area (Å²) < 4.78 is 1.64. The third-order valence-corrected chi connectivity index (χ3v) is 2.19. The van der Waals surface area contributed by atoms with Gasteiger partial charge in [0.2, 0.25) is 0 Å². The molecule has 2 N–H and O–H groups in total. The molecule has 16 heavy (non-hydrogen) atoms. The van der Waals surface area contributed by atoms with Crippen LogP contribution in [0.15, 0.2) is 17.2 Å². The lowest BCUT2D eigenvalue weighted by Crippen LogP contribution is -2.35. The highest BCUT2D eigenvalue weighted by Crippen LogP contribution is 2.10. The summed E-state index contributed by atoms with van der Waals surface area (Å²) in [6.45, 7) is 6.55. The molecule has 1 heterocycles.